The zero-order valence-corrected chi connectivity index (χ0v) is 12.7. The largest absolute Gasteiger partial charge is 0.356 e. The highest BCUT2D eigenvalue weighted by atomic mass is 15.2. The molecular weight excluding hydrogens is 246 g/mol. The molecule has 3 nitrogen and oxygen atoms in total. The van der Waals surface area contributed by atoms with Gasteiger partial charge in [-0.2, -0.15) is 0 Å². The first-order chi connectivity index (χ1) is 9.93. The van der Waals surface area contributed by atoms with E-state index in [2.05, 4.69) is 21.1 Å². The standard InChI is InChI=1S/C17H29N3/c1-3-7-15(8-4-1)11-12-18-17-19-13-14-20(17)16-9-5-2-6-10-16/h13-16H,1-12H2,(H,18,19). The Morgan fingerprint density at radius 1 is 1.00 bits per heavy atom. The van der Waals surface area contributed by atoms with Crippen LogP contribution in [0.25, 0.3) is 0 Å². The van der Waals surface area contributed by atoms with Crippen molar-refractivity contribution in [2.24, 2.45) is 5.92 Å². The lowest BCUT2D eigenvalue weighted by Gasteiger charge is -2.25. The Bertz CT molecular complexity index is 387. The smallest absolute Gasteiger partial charge is 0.203 e. The molecule has 0 saturated heterocycles. The van der Waals surface area contributed by atoms with Crippen LogP contribution in [0.3, 0.4) is 0 Å². The Kier molecular flexibility index (Phi) is 4.99. The molecule has 1 aromatic heterocycles. The summed E-state index contributed by atoms with van der Waals surface area (Å²) in [7, 11) is 0. The number of nitrogens with zero attached hydrogens (tertiary/aromatic N) is 2. The third-order valence-corrected chi connectivity index (χ3v) is 5.20. The van der Waals surface area contributed by atoms with Crippen LogP contribution in [-0.4, -0.2) is 16.1 Å². The minimum absolute atomic E-state index is 0.684. The average Bonchev–Trinajstić information content (AvgIpc) is 2.98. The van der Waals surface area contributed by atoms with Crippen molar-refractivity contribution in [3.05, 3.63) is 12.4 Å². The van der Waals surface area contributed by atoms with E-state index in [1.807, 2.05) is 6.20 Å². The summed E-state index contributed by atoms with van der Waals surface area (Å²) in [5.41, 5.74) is 0. The Morgan fingerprint density at radius 2 is 1.70 bits per heavy atom. The summed E-state index contributed by atoms with van der Waals surface area (Å²) in [5.74, 6) is 2.06. The molecule has 0 amide bonds. The predicted molar refractivity (Wildman–Crippen MR) is 84.0 cm³/mol. The van der Waals surface area contributed by atoms with E-state index < -0.39 is 0 Å². The normalized spacial score (nSPS) is 22.0. The maximum absolute atomic E-state index is 4.53. The topological polar surface area (TPSA) is 29.9 Å². The van der Waals surface area contributed by atoms with Crippen molar-refractivity contribution < 1.29 is 0 Å². The van der Waals surface area contributed by atoms with E-state index in [0.29, 0.717) is 6.04 Å². The number of hydrogen-bond acceptors (Lipinski definition) is 2. The van der Waals surface area contributed by atoms with Crippen molar-refractivity contribution in [2.45, 2.75) is 76.7 Å². The van der Waals surface area contributed by atoms with Gasteiger partial charge in [0.1, 0.15) is 0 Å². The van der Waals surface area contributed by atoms with E-state index in [-0.39, 0.29) is 0 Å². The molecule has 3 heteroatoms. The number of hydrogen-bond donors (Lipinski definition) is 1. The zero-order valence-electron chi connectivity index (χ0n) is 12.7. The highest BCUT2D eigenvalue weighted by molar-refractivity contribution is 5.26. The molecule has 0 bridgehead atoms. The number of rotatable bonds is 5. The van der Waals surface area contributed by atoms with Crippen molar-refractivity contribution >= 4 is 5.95 Å². The summed E-state index contributed by atoms with van der Waals surface area (Å²) in [4.78, 5) is 4.53. The lowest BCUT2D eigenvalue weighted by Crippen LogP contribution is -2.18. The summed E-state index contributed by atoms with van der Waals surface area (Å²) in [6.45, 7) is 1.09. The van der Waals surface area contributed by atoms with Gasteiger partial charge < -0.3 is 9.88 Å². The van der Waals surface area contributed by atoms with Gasteiger partial charge in [0.15, 0.2) is 0 Å². The zero-order chi connectivity index (χ0) is 13.6. The summed E-state index contributed by atoms with van der Waals surface area (Å²) >= 11 is 0. The van der Waals surface area contributed by atoms with Crippen LogP contribution in [0.1, 0.15) is 76.7 Å². The highest BCUT2D eigenvalue weighted by Gasteiger charge is 2.18. The molecule has 0 spiro atoms. The molecule has 1 heterocycles. The summed E-state index contributed by atoms with van der Waals surface area (Å²) in [6.07, 6.45) is 19.5. The van der Waals surface area contributed by atoms with Crippen molar-refractivity contribution in [3.63, 3.8) is 0 Å². The second-order valence-corrected chi connectivity index (χ2v) is 6.67. The van der Waals surface area contributed by atoms with E-state index in [9.17, 15) is 0 Å². The van der Waals surface area contributed by atoms with E-state index >= 15 is 0 Å². The van der Waals surface area contributed by atoms with Crippen molar-refractivity contribution in [2.75, 3.05) is 11.9 Å². The van der Waals surface area contributed by atoms with Gasteiger partial charge in [0.2, 0.25) is 5.95 Å². The number of imidazole rings is 1. The van der Waals surface area contributed by atoms with Gasteiger partial charge in [0.05, 0.1) is 0 Å². The SMILES string of the molecule is c1cn(C2CCCCC2)c(NCCC2CCCCC2)n1. The second kappa shape index (κ2) is 7.14. The van der Waals surface area contributed by atoms with Crippen molar-refractivity contribution in [1.29, 1.82) is 0 Å². The fraction of sp³-hybridized carbons (Fsp3) is 0.824. The molecule has 1 aromatic rings. The molecule has 0 unspecified atom stereocenters. The quantitative estimate of drug-likeness (QED) is 0.838. The molecule has 2 aliphatic rings. The lowest BCUT2D eigenvalue weighted by molar-refractivity contribution is 0.343. The Hall–Kier alpha value is -0.990. The Morgan fingerprint density at radius 3 is 2.45 bits per heavy atom. The van der Waals surface area contributed by atoms with E-state index in [0.717, 1.165) is 18.4 Å². The molecule has 0 aliphatic heterocycles. The number of anilines is 1. The lowest BCUT2D eigenvalue weighted by atomic mass is 9.87. The first kappa shape index (κ1) is 14.0. The van der Waals surface area contributed by atoms with Crippen LogP contribution in [0.2, 0.25) is 0 Å². The number of aromatic nitrogens is 2. The highest BCUT2D eigenvalue weighted by Crippen LogP contribution is 2.30. The minimum atomic E-state index is 0.684. The first-order valence-electron chi connectivity index (χ1n) is 8.70. The molecule has 2 aliphatic carbocycles. The molecule has 0 radical (unpaired) electrons. The third-order valence-electron chi connectivity index (χ3n) is 5.20. The molecule has 2 saturated carbocycles. The molecule has 0 aromatic carbocycles. The van der Waals surface area contributed by atoms with Gasteiger partial charge >= 0.3 is 0 Å². The molecule has 1 N–H and O–H groups in total. The molecule has 20 heavy (non-hydrogen) atoms. The fourth-order valence-corrected chi connectivity index (χ4v) is 3.97. The molecule has 0 atom stereocenters. The summed E-state index contributed by atoms with van der Waals surface area (Å²) in [5, 5.41) is 3.59. The van der Waals surface area contributed by atoms with Gasteiger partial charge in [-0.05, 0) is 25.2 Å². The Balaban J connectivity index is 1.48. The predicted octanol–water partition coefficient (Wildman–Crippen LogP) is 4.77. The third kappa shape index (κ3) is 3.56. The van der Waals surface area contributed by atoms with Crippen LogP contribution in [0.15, 0.2) is 12.4 Å². The molecular formula is C17H29N3. The monoisotopic (exact) mass is 275 g/mol. The Labute approximate surface area is 123 Å². The van der Waals surface area contributed by atoms with Crippen LogP contribution < -0.4 is 5.32 Å². The van der Waals surface area contributed by atoms with Gasteiger partial charge in [0.25, 0.3) is 0 Å². The first-order valence-corrected chi connectivity index (χ1v) is 8.70. The van der Waals surface area contributed by atoms with Gasteiger partial charge in [-0.3, -0.25) is 0 Å². The molecule has 3 rings (SSSR count). The minimum Gasteiger partial charge on any atom is -0.356 e. The fourth-order valence-electron chi connectivity index (χ4n) is 3.97. The van der Waals surface area contributed by atoms with Gasteiger partial charge in [-0.15, -0.1) is 0 Å². The number of nitrogens with one attached hydrogen (secondary N) is 1. The summed E-state index contributed by atoms with van der Waals surface area (Å²) in [6, 6.07) is 0.684. The van der Waals surface area contributed by atoms with Crippen molar-refractivity contribution in [3.8, 4) is 0 Å². The van der Waals surface area contributed by atoms with Crippen LogP contribution in [0.5, 0.6) is 0 Å². The van der Waals surface area contributed by atoms with Gasteiger partial charge in [0, 0.05) is 25.0 Å². The van der Waals surface area contributed by atoms with Gasteiger partial charge in [-0.1, -0.05) is 51.4 Å². The van der Waals surface area contributed by atoms with Crippen molar-refractivity contribution in [1.82, 2.24) is 9.55 Å². The van der Waals surface area contributed by atoms with E-state index in [1.165, 1.54) is 70.6 Å². The second-order valence-electron chi connectivity index (χ2n) is 6.67. The van der Waals surface area contributed by atoms with Crippen LogP contribution in [-0.2, 0) is 0 Å². The maximum Gasteiger partial charge on any atom is 0.203 e. The van der Waals surface area contributed by atoms with E-state index in [4.69, 9.17) is 0 Å². The van der Waals surface area contributed by atoms with Crippen LogP contribution in [0, 0.1) is 5.92 Å². The van der Waals surface area contributed by atoms with Gasteiger partial charge in [-0.25, -0.2) is 4.98 Å². The molecule has 2 fully saturated rings. The average molecular weight is 275 g/mol. The van der Waals surface area contributed by atoms with E-state index in [1.54, 1.807) is 0 Å². The van der Waals surface area contributed by atoms with Crippen LogP contribution in [0.4, 0.5) is 5.95 Å². The summed E-state index contributed by atoms with van der Waals surface area (Å²) < 4.78 is 2.39. The molecule has 112 valence electrons. The maximum atomic E-state index is 4.53. The van der Waals surface area contributed by atoms with Crippen LogP contribution >= 0.6 is 0 Å².